The van der Waals surface area contributed by atoms with Crippen LogP contribution in [-0.4, -0.2) is 101 Å². The van der Waals surface area contributed by atoms with Gasteiger partial charge < -0.3 is 29.6 Å². The fourth-order valence-electron chi connectivity index (χ4n) is 6.05. The Morgan fingerprint density at radius 1 is 1.04 bits per heavy atom. The van der Waals surface area contributed by atoms with Crippen LogP contribution in [0.25, 0.3) is 21.9 Å². The molecule has 0 aliphatic carbocycles. The second-order valence-corrected chi connectivity index (χ2v) is 12.5. The van der Waals surface area contributed by atoms with Crippen molar-refractivity contribution in [2.45, 2.75) is 58.2 Å². The van der Waals surface area contributed by atoms with Crippen LogP contribution in [0.5, 0.6) is 5.75 Å². The molecule has 2 aromatic heterocycles. The van der Waals surface area contributed by atoms with Gasteiger partial charge in [-0.25, -0.2) is 14.8 Å². The van der Waals surface area contributed by atoms with Gasteiger partial charge in [-0.15, -0.1) is 0 Å². The van der Waals surface area contributed by atoms with Crippen molar-refractivity contribution in [2.75, 3.05) is 65.4 Å². The van der Waals surface area contributed by atoms with E-state index in [1.165, 1.54) is 0 Å². The van der Waals surface area contributed by atoms with Gasteiger partial charge >= 0.3 is 5.97 Å². The number of nitrogens with zero attached hydrogens (tertiary/aromatic N) is 5. The number of anilines is 1. The minimum atomic E-state index is -1.30. The van der Waals surface area contributed by atoms with Crippen LogP contribution in [-0.2, 0) is 33.8 Å². The summed E-state index contributed by atoms with van der Waals surface area (Å²) in [5.41, 5.74) is 8.85. The lowest BCUT2D eigenvalue weighted by Gasteiger charge is -2.28. The maximum Gasteiger partial charge on any atom is 0.347 e. The average molecular weight is 633 g/mol. The molecule has 1 aliphatic heterocycles. The summed E-state index contributed by atoms with van der Waals surface area (Å²) in [6.45, 7) is 11.8. The molecule has 5 rings (SSSR count). The van der Waals surface area contributed by atoms with Crippen molar-refractivity contribution in [3.05, 3.63) is 59.9 Å². The molecule has 0 saturated carbocycles. The molecular formula is C35H48N6O5. The number of carbonyl (C=O) groups is 1. The standard InChI is InChI=1S/C35H48N6O5/c1-35(2,34(42)43)46-27-11-8-10-26(24-27)25-40(17-9-16-39-19-22-45-23-20-39)15-6-7-18-41-30(14-21-44-3)38-31-32(41)28-12-4-5-13-29(28)37-33(31)36/h4-5,8,10-13,24H,6-7,9,14-23,25H2,1-3H3,(H2,36,37)(H,42,43). The first-order valence-electron chi connectivity index (χ1n) is 16.3. The van der Waals surface area contributed by atoms with E-state index in [0.29, 0.717) is 24.6 Å². The molecule has 3 N–H and O–H groups in total. The molecule has 1 aliphatic rings. The van der Waals surface area contributed by atoms with Gasteiger partial charge in [0.15, 0.2) is 11.4 Å². The minimum Gasteiger partial charge on any atom is -0.478 e. The highest BCUT2D eigenvalue weighted by atomic mass is 16.5. The van der Waals surface area contributed by atoms with Crippen molar-refractivity contribution in [3.8, 4) is 5.75 Å². The molecule has 1 fully saturated rings. The maximum absolute atomic E-state index is 11.6. The van der Waals surface area contributed by atoms with Crippen LogP contribution in [0.4, 0.5) is 5.82 Å². The van der Waals surface area contributed by atoms with Gasteiger partial charge in [-0.1, -0.05) is 30.3 Å². The molecule has 4 aromatic rings. The molecule has 2 aromatic carbocycles. The number of nitrogen functional groups attached to an aromatic ring is 1. The Kier molecular flexibility index (Phi) is 11.5. The van der Waals surface area contributed by atoms with Gasteiger partial charge in [0.2, 0.25) is 0 Å². The van der Waals surface area contributed by atoms with Crippen LogP contribution >= 0.6 is 0 Å². The van der Waals surface area contributed by atoms with Crippen LogP contribution in [0.2, 0.25) is 0 Å². The number of imidazole rings is 1. The molecular weight excluding hydrogens is 584 g/mol. The summed E-state index contributed by atoms with van der Waals surface area (Å²) in [6, 6.07) is 15.9. The Labute approximate surface area is 271 Å². The van der Waals surface area contributed by atoms with E-state index in [1.54, 1.807) is 21.0 Å². The number of rotatable bonds is 17. The number of carboxylic acids is 1. The molecule has 46 heavy (non-hydrogen) atoms. The number of aryl methyl sites for hydroxylation is 1. The van der Waals surface area contributed by atoms with E-state index in [9.17, 15) is 9.90 Å². The van der Waals surface area contributed by atoms with Crippen molar-refractivity contribution < 1.29 is 24.1 Å². The molecule has 0 spiro atoms. The SMILES string of the molecule is COCCc1nc2c(N)nc3ccccc3c2n1CCCCN(CCCN1CCOCC1)Cc1cccc(OC(C)(C)C(=O)O)c1. The van der Waals surface area contributed by atoms with Crippen molar-refractivity contribution >= 4 is 33.7 Å². The van der Waals surface area contributed by atoms with E-state index in [4.69, 9.17) is 24.9 Å². The molecule has 11 heteroatoms. The Hall–Kier alpha value is -3.77. The third kappa shape index (κ3) is 8.52. The highest BCUT2D eigenvalue weighted by molar-refractivity contribution is 6.06. The Morgan fingerprint density at radius 2 is 1.83 bits per heavy atom. The first-order chi connectivity index (χ1) is 22.2. The Balaban J connectivity index is 1.29. The summed E-state index contributed by atoms with van der Waals surface area (Å²) in [5, 5.41) is 10.6. The molecule has 0 bridgehead atoms. The average Bonchev–Trinajstić information content (AvgIpc) is 3.41. The number of aliphatic carboxylic acids is 1. The number of benzene rings is 2. The quantitative estimate of drug-likeness (QED) is 0.159. The van der Waals surface area contributed by atoms with E-state index in [0.717, 1.165) is 112 Å². The van der Waals surface area contributed by atoms with Gasteiger partial charge in [0, 0.05) is 45.1 Å². The summed E-state index contributed by atoms with van der Waals surface area (Å²) < 4.78 is 19.1. The van der Waals surface area contributed by atoms with Crippen LogP contribution in [0.15, 0.2) is 48.5 Å². The first kappa shape index (κ1) is 33.6. The number of para-hydroxylation sites is 1. The lowest BCUT2D eigenvalue weighted by atomic mass is 10.1. The third-order valence-electron chi connectivity index (χ3n) is 8.57. The number of hydrogen-bond donors (Lipinski definition) is 2. The molecule has 0 radical (unpaired) electrons. The number of pyridine rings is 1. The second-order valence-electron chi connectivity index (χ2n) is 12.5. The summed E-state index contributed by atoms with van der Waals surface area (Å²) >= 11 is 0. The van der Waals surface area contributed by atoms with E-state index < -0.39 is 11.6 Å². The molecule has 11 nitrogen and oxygen atoms in total. The highest BCUT2D eigenvalue weighted by Crippen LogP contribution is 2.29. The smallest absolute Gasteiger partial charge is 0.347 e. The lowest BCUT2D eigenvalue weighted by molar-refractivity contribution is -0.152. The second kappa shape index (κ2) is 15.7. The van der Waals surface area contributed by atoms with Gasteiger partial charge in [0.05, 0.1) is 30.9 Å². The van der Waals surface area contributed by atoms with E-state index in [2.05, 4.69) is 31.5 Å². The van der Waals surface area contributed by atoms with Crippen LogP contribution < -0.4 is 10.5 Å². The molecule has 0 atom stereocenters. The maximum atomic E-state index is 11.6. The van der Waals surface area contributed by atoms with Gasteiger partial charge in [-0.3, -0.25) is 9.80 Å². The summed E-state index contributed by atoms with van der Waals surface area (Å²) in [4.78, 5) is 26.1. The third-order valence-corrected chi connectivity index (χ3v) is 8.57. The fraction of sp³-hybridized carbons (Fsp3) is 0.514. The zero-order valence-corrected chi connectivity index (χ0v) is 27.4. The van der Waals surface area contributed by atoms with Gasteiger partial charge in [0.25, 0.3) is 0 Å². The van der Waals surface area contributed by atoms with E-state index >= 15 is 0 Å². The van der Waals surface area contributed by atoms with Crippen molar-refractivity contribution in [2.24, 2.45) is 0 Å². The number of nitrogens with two attached hydrogens (primary N) is 1. The predicted molar refractivity (Wildman–Crippen MR) is 180 cm³/mol. The molecule has 248 valence electrons. The number of methoxy groups -OCH3 is 1. The number of fused-ring (bicyclic) bond motifs is 3. The number of unbranched alkanes of at least 4 members (excludes halogenated alkanes) is 1. The van der Waals surface area contributed by atoms with E-state index in [1.807, 2.05) is 36.4 Å². The zero-order valence-electron chi connectivity index (χ0n) is 27.4. The zero-order chi connectivity index (χ0) is 32.5. The monoisotopic (exact) mass is 632 g/mol. The van der Waals surface area contributed by atoms with Crippen LogP contribution in [0.1, 0.15) is 44.5 Å². The molecule has 3 heterocycles. The molecule has 1 saturated heterocycles. The summed E-state index contributed by atoms with van der Waals surface area (Å²) in [7, 11) is 1.71. The van der Waals surface area contributed by atoms with Crippen molar-refractivity contribution in [1.29, 1.82) is 0 Å². The van der Waals surface area contributed by atoms with Gasteiger partial charge in [0.1, 0.15) is 17.1 Å². The van der Waals surface area contributed by atoms with Gasteiger partial charge in [-0.05, 0) is 76.5 Å². The Bertz CT molecular complexity index is 1600. The van der Waals surface area contributed by atoms with Gasteiger partial charge in [-0.2, -0.15) is 0 Å². The highest BCUT2D eigenvalue weighted by Gasteiger charge is 2.29. The van der Waals surface area contributed by atoms with Crippen LogP contribution in [0, 0.1) is 0 Å². The molecule has 0 amide bonds. The van der Waals surface area contributed by atoms with Crippen molar-refractivity contribution in [1.82, 2.24) is 24.3 Å². The number of ether oxygens (including phenoxy) is 3. The summed E-state index contributed by atoms with van der Waals surface area (Å²) in [6.07, 6.45) is 3.73. The molecule has 0 unspecified atom stereocenters. The summed E-state index contributed by atoms with van der Waals surface area (Å²) in [5.74, 6) is 0.987. The number of aromatic nitrogens is 3. The van der Waals surface area contributed by atoms with Crippen LogP contribution in [0.3, 0.4) is 0 Å². The Morgan fingerprint density at radius 3 is 2.61 bits per heavy atom. The minimum absolute atomic E-state index is 0.454. The topological polar surface area (TPSA) is 128 Å². The number of carboxylic acid groups (broad SMARTS) is 1. The van der Waals surface area contributed by atoms with Crippen molar-refractivity contribution in [3.63, 3.8) is 0 Å². The predicted octanol–water partition coefficient (Wildman–Crippen LogP) is 4.60. The first-order valence-corrected chi connectivity index (χ1v) is 16.3. The largest absolute Gasteiger partial charge is 0.478 e. The normalized spacial score (nSPS) is 14.4. The number of morpholine rings is 1. The fourth-order valence-corrected chi connectivity index (χ4v) is 6.05. The van der Waals surface area contributed by atoms with E-state index in [-0.39, 0.29) is 0 Å². The lowest BCUT2D eigenvalue weighted by Crippen LogP contribution is -2.38. The number of hydrogen-bond acceptors (Lipinski definition) is 9.